The minimum absolute atomic E-state index is 0.103. The number of nitrogens with one attached hydrogen (secondary N) is 1. The first-order valence-corrected chi connectivity index (χ1v) is 8.42. The molecule has 0 aliphatic carbocycles. The van der Waals surface area contributed by atoms with Crippen molar-refractivity contribution in [3.05, 3.63) is 34.4 Å². The number of esters is 1. The third kappa shape index (κ3) is 5.53. The molecule has 0 amide bonds. The van der Waals surface area contributed by atoms with Crippen LogP contribution >= 0.6 is 0 Å². The van der Waals surface area contributed by atoms with Crippen molar-refractivity contribution in [2.75, 3.05) is 13.2 Å². The molecule has 2 atom stereocenters. The Morgan fingerprint density at radius 3 is 2.54 bits per heavy atom. The van der Waals surface area contributed by atoms with Crippen LogP contribution in [0, 0.1) is 10.1 Å². The maximum atomic E-state index is 12.1. The van der Waals surface area contributed by atoms with Crippen LogP contribution in [0.3, 0.4) is 0 Å². The molecule has 3 N–H and O–H groups in total. The smallest absolute Gasteiger partial charge is 0.308 e. The fraction of sp³-hybridized carbons (Fsp3) is 0.462. The molecule has 1 rings (SSSR count). The maximum absolute atomic E-state index is 12.1. The van der Waals surface area contributed by atoms with E-state index in [4.69, 9.17) is 0 Å². The van der Waals surface area contributed by atoms with Gasteiger partial charge in [-0.25, -0.2) is 13.1 Å². The number of nitro groups is 1. The van der Waals surface area contributed by atoms with Crippen molar-refractivity contribution in [1.29, 1.82) is 0 Å². The zero-order valence-corrected chi connectivity index (χ0v) is 13.6. The Bertz CT molecular complexity index is 691. The first-order chi connectivity index (χ1) is 11.2. The Labute approximate surface area is 138 Å². The molecule has 0 aliphatic rings. The van der Waals surface area contributed by atoms with Gasteiger partial charge in [-0.1, -0.05) is 12.1 Å². The molecule has 10 nitrogen and oxygen atoms in total. The average molecular weight is 362 g/mol. The van der Waals surface area contributed by atoms with Crippen LogP contribution in [0.4, 0.5) is 5.69 Å². The Kier molecular flexibility index (Phi) is 7.22. The number of sulfonamides is 1. The molecule has 2 unspecified atom stereocenters. The van der Waals surface area contributed by atoms with Crippen molar-refractivity contribution < 1.29 is 33.1 Å². The molecule has 0 fully saturated rings. The van der Waals surface area contributed by atoms with Gasteiger partial charge in [0.05, 0.1) is 30.2 Å². The van der Waals surface area contributed by atoms with Gasteiger partial charge in [-0.05, 0) is 13.0 Å². The van der Waals surface area contributed by atoms with Gasteiger partial charge in [0.2, 0.25) is 10.0 Å². The molecule has 0 spiro atoms. The van der Waals surface area contributed by atoms with E-state index < -0.39 is 56.7 Å². The summed E-state index contributed by atoms with van der Waals surface area (Å²) in [4.78, 5) is 20.6. The molecule has 1 aromatic carbocycles. The summed E-state index contributed by atoms with van der Waals surface area (Å²) in [5.41, 5.74) is -0.619. The largest absolute Gasteiger partial charge is 0.466 e. The van der Waals surface area contributed by atoms with E-state index in [9.17, 15) is 33.5 Å². The van der Waals surface area contributed by atoms with Gasteiger partial charge in [0, 0.05) is 12.6 Å². The molecule has 24 heavy (non-hydrogen) atoms. The monoisotopic (exact) mass is 362 g/mol. The van der Waals surface area contributed by atoms with Gasteiger partial charge >= 0.3 is 5.97 Å². The quantitative estimate of drug-likeness (QED) is 0.303. The number of ether oxygens (including phenoxy) is 1. The summed E-state index contributed by atoms with van der Waals surface area (Å²) in [6, 6.07) is 4.70. The highest BCUT2D eigenvalue weighted by Crippen LogP contribution is 2.22. The highest BCUT2D eigenvalue weighted by Gasteiger charge is 2.27. The number of aliphatic hydroxyl groups excluding tert-OH is 2. The second-order valence-corrected chi connectivity index (χ2v) is 6.46. The van der Waals surface area contributed by atoms with E-state index in [0.29, 0.717) is 0 Å². The van der Waals surface area contributed by atoms with E-state index in [-0.39, 0.29) is 6.61 Å². The van der Waals surface area contributed by atoms with E-state index >= 15 is 0 Å². The number of hydrogen-bond acceptors (Lipinski definition) is 8. The summed E-state index contributed by atoms with van der Waals surface area (Å²) < 4.78 is 30.8. The molecule has 0 aliphatic heterocycles. The number of benzene rings is 1. The highest BCUT2D eigenvalue weighted by atomic mass is 32.2. The summed E-state index contributed by atoms with van der Waals surface area (Å²) in [5, 5.41) is 30.2. The number of nitrogens with zero attached hydrogens (tertiary/aromatic N) is 1. The Balaban J connectivity index is 2.75. The maximum Gasteiger partial charge on any atom is 0.308 e. The second-order valence-electron chi connectivity index (χ2n) is 4.72. The second kappa shape index (κ2) is 8.68. The molecule has 0 aromatic heterocycles. The van der Waals surface area contributed by atoms with Crippen LogP contribution in [0.1, 0.15) is 13.3 Å². The van der Waals surface area contributed by atoms with Crippen LogP contribution < -0.4 is 4.72 Å². The van der Waals surface area contributed by atoms with Gasteiger partial charge in [0.1, 0.15) is 0 Å². The number of aliphatic hydroxyl groups is 2. The van der Waals surface area contributed by atoms with Gasteiger partial charge in [-0.2, -0.15) is 0 Å². The van der Waals surface area contributed by atoms with Gasteiger partial charge in [0.15, 0.2) is 4.90 Å². The Morgan fingerprint density at radius 2 is 1.96 bits per heavy atom. The van der Waals surface area contributed by atoms with Crippen molar-refractivity contribution in [2.45, 2.75) is 30.4 Å². The molecule has 1 aromatic rings. The molecular weight excluding hydrogens is 344 g/mol. The van der Waals surface area contributed by atoms with E-state index in [1.807, 2.05) is 4.72 Å². The summed E-state index contributed by atoms with van der Waals surface area (Å²) >= 11 is 0. The lowest BCUT2D eigenvalue weighted by atomic mass is 10.1. The number of carbonyl (C=O) groups is 1. The normalized spacial score (nSPS) is 14.0. The fourth-order valence-corrected chi connectivity index (χ4v) is 2.99. The first-order valence-electron chi connectivity index (χ1n) is 6.94. The van der Waals surface area contributed by atoms with Gasteiger partial charge in [-0.15, -0.1) is 0 Å². The van der Waals surface area contributed by atoms with E-state index in [0.717, 1.165) is 12.1 Å². The van der Waals surface area contributed by atoms with Gasteiger partial charge in [-0.3, -0.25) is 14.9 Å². The molecule has 0 bridgehead atoms. The van der Waals surface area contributed by atoms with Crippen molar-refractivity contribution in [3.8, 4) is 0 Å². The van der Waals surface area contributed by atoms with E-state index in [1.165, 1.54) is 12.1 Å². The van der Waals surface area contributed by atoms with Crippen molar-refractivity contribution in [1.82, 2.24) is 4.72 Å². The van der Waals surface area contributed by atoms with E-state index in [2.05, 4.69) is 4.74 Å². The number of rotatable bonds is 9. The minimum atomic E-state index is -4.28. The molecule has 0 saturated heterocycles. The Hall–Kier alpha value is -2.08. The van der Waals surface area contributed by atoms with Gasteiger partial charge in [0.25, 0.3) is 5.69 Å². The van der Waals surface area contributed by atoms with Crippen LogP contribution in [-0.4, -0.2) is 54.9 Å². The average Bonchev–Trinajstić information content (AvgIpc) is 2.52. The standard InChI is InChI=1S/C13H18N2O8S/c1-2-23-13(18)7-10(16)11(17)8-14-24(21,22)12-6-4-3-5-9(12)15(19)20/h3-6,10-11,14,16-17H,2,7-8H2,1H3. The van der Waals surface area contributed by atoms with Crippen LogP contribution in [-0.2, 0) is 19.6 Å². The van der Waals surface area contributed by atoms with Crippen LogP contribution in [0.15, 0.2) is 29.2 Å². The third-order valence-electron chi connectivity index (χ3n) is 2.96. The van der Waals surface area contributed by atoms with Crippen molar-refractivity contribution in [2.24, 2.45) is 0 Å². The zero-order valence-electron chi connectivity index (χ0n) is 12.8. The van der Waals surface area contributed by atoms with Crippen molar-refractivity contribution in [3.63, 3.8) is 0 Å². The van der Waals surface area contributed by atoms with Gasteiger partial charge < -0.3 is 14.9 Å². The number of nitro benzene ring substituents is 1. The summed E-state index contributed by atoms with van der Waals surface area (Å²) in [7, 11) is -4.28. The highest BCUT2D eigenvalue weighted by molar-refractivity contribution is 7.89. The molecular formula is C13H18N2O8S. The molecule has 134 valence electrons. The van der Waals surface area contributed by atoms with Crippen LogP contribution in [0.25, 0.3) is 0 Å². The SMILES string of the molecule is CCOC(=O)CC(O)C(O)CNS(=O)(=O)c1ccccc1[N+](=O)[O-]. The number of para-hydroxylation sites is 1. The third-order valence-corrected chi connectivity index (χ3v) is 4.43. The summed E-state index contributed by atoms with van der Waals surface area (Å²) in [6.07, 6.45) is -3.65. The molecule has 0 radical (unpaired) electrons. The van der Waals surface area contributed by atoms with Crippen LogP contribution in [0.2, 0.25) is 0 Å². The lowest BCUT2D eigenvalue weighted by Crippen LogP contribution is -2.40. The lowest BCUT2D eigenvalue weighted by Gasteiger charge is -2.17. The first kappa shape index (κ1) is 20.0. The molecule has 0 saturated carbocycles. The molecule has 0 heterocycles. The number of carbonyl (C=O) groups excluding carboxylic acids is 1. The summed E-state index contributed by atoms with van der Waals surface area (Å²) in [6.45, 7) is 1.04. The fourth-order valence-electron chi connectivity index (χ4n) is 1.77. The zero-order chi connectivity index (χ0) is 18.3. The predicted octanol–water partition coefficient (Wildman–Crippen LogP) is -0.452. The van der Waals surface area contributed by atoms with Crippen LogP contribution in [0.5, 0.6) is 0 Å². The summed E-state index contributed by atoms with van der Waals surface area (Å²) in [5.74, 6) is -0.745. The van der Waals surface area contributed by atoms with Crippen molar-refractivity contribution >= 4 is 21.7 Å². The Morgan fingerprint density at radius 1 is 1.33 bits per heavy atom. The van der Waals surface area contributed by atoms with E-state index in [1.54, 1.807) is 6.92 Å². The lowest BCUT2D eigenvalue weighted by molar-refractivity contribution is -0.387. The molecule has 11 heteroatoms. The predicted molar refractivity (Wildman–Crippen MR) is 81.5 cm³/mol. The minimum Gasteiger partial charge on any atom is -0.466 e. The number of hydrogen-bond donors (Lipinski definition) is 3. The topological polar surface area (TPSA) is 156 Å².